The Bertz CT molecular complexity index is 939. The van der Waals surface area contributed by atoms with E-state index in [0.717, 1.165) is 69.7 Å². The van der Waals surface area contributed by atoms with Crippen LogP contribution in [0.3, 0.4) is 0 Å². The molecule has 3 saturated heterocycles. The fourth-order valence-electron chi connectivity index (χ4n) is 6.48. The van der Waals surface area contributed by atoms with Crippen LogP contribution in [0.4, 0.5) is 16.2 Å². The number of methoxy groups -OCH3 is 1. The van der Waals surface area contributed by atoms with Crippen LogP contribution in [0.5, 0.6) is 5.75 Å². The molecule has 9 heteroatoms. The molecule has 192 valence electrons. The predicted octanol–water partition coefficient (Wildman–Crippen LogP) is 4.55. The molecule has 0 aromatic heterocycles. The lowest BCUT2D eigenvalue weighted by Gasteiger charge is -2.48. The topological polar surface area (TPSA) is 99.4 Å². The number of nitrogens with zero attached hydrogens (tertiary/aromatic N) is 4. The van der Waals surface area contributed by atoms with Gasteiger partial charge in [0.15, 0.2) is 5.75 Å². The average molecular weight is 487 g/mol. The van der Waals surface area contributed by atoms with Crippen LogP contribution in [-0.2, 0) is 0 Å². The van der Waals surface area contributed by atoms with E-state index in [-0.39, 0.29) is 10.6 Å². The maximum atomic E-state index is 11.5. The number of nitro benzene ring substituents is 1. The largest absolute Gasteiger partial charge is 0.490 e. The van der Waals surface area contributed by atoms with Gasteiger partial charge < -0.3 is 24.5 Å². The van der Waals surface area contributed by atoms with Crippen LogP contribution < -0.4 is 9.64 Å². The number of carbonyl (C=O) groups is 1. The highest BCUT2D eigenvalue weighted by molar-refractivity contribution is 5.66. The first kappa shape index (κ1) is 24.2. The second kappa shape index (κ2) is 9.84. The second-order valence-corrected chi connectivity index (χ2v) is 11.1. The third kappa shape index (κ3) is 5.20. The monoisotopic (exact) mass is 486 g/mol. The van der Waals surface area contributed by atoms with Gasteiger partial charge in [0.1, 0.15) is 0 Å². The Morgan fingerprint density at radius 3 is 2.23 bits per heavy atom. The summed E-state index contributed by atoms with van der Waals surface area (Å²) in [6.07, 6.45) is 8.19. The standard InChI is InChI=1S/C26H38N4O5/c1-35-24-17-22(21(20-2-3-20)16-23(24)30(33)34)28-14-8-26(9-15-28)6-12-27(13-7-26)18-19-4-10-29(11-5-19)25(31)32/h16-17,19-20H,2-15,18H2,1H3,(H,31,32). The summed E-state index contributed by atoms with van der Waals surface area (Å²) < 4.78 is 5.39. The van der Waals surface area contributed by atoms with Crippen molar-refractivity contribution in [1.82, 2.24) is 9.80 Å². The van der Waals surface area contributed by atoms with E-state index >= 15 is 0 Å². The van der Waals surface area contributed by atoms with Crippen molar-refractivity contribution in [2.45, 2.75) is 57.3 Å². The molecule has 4 fully saturated rings. The van der Waals surface area contributed by atoms with Gasteiger partial charge in [0.05, 0.1) is 12.0 Å². The summed E-state index contributed by atoms with van der Waals surface area (Å²) in [6, 6.07) is 3.66. The summed E-state index contributed by atoms with van der Waals surface area (Å²) >= 11 is 0. The maximum Gasteiger partial charge on any atom is 0.407 e. The van der Waals surface area contributed by atoms with E-state index in [1.54, 1.807) is 11.0 Å². The van der Waals surface area contributed by atoms with E-state index in [4.69, 9.17) is 9.84 Å². The van der Waals surface area contributed by atoms with E-state index in [1.807, 2.05) is 6.07 Å². The number of nitro groups is 1. The maximum absolute atomic E-state index is 11.5. The minimum Gasteiger partial charge on any atom is -0.490 e. The summed E-state index contributed by atoms with van der Waals surface area (Å²) in [5, 5.41) is 20.7. The van der Waals surface area contributed by atoms with Crippen molar-refractivity contribution in [2.75, 3.05) is 57.8 Å². The summed E-state index contributed by atoms with van der Waals surface area (Å²) in [7, 11) is 1.51. The van der Waals surface area contributed by atoms with Crippen LogP contribution in [0.15, 0.2) is 12.1 Å². The first-order valence-electron chi connectivity index (χ1n) is 13.2. The molecule has 0 radical (unpaired) electrons. The Labute approximate surface area is 207 Å². The van der Waals surface area contributed by atoms with Gasteiger partial charge in [0, 0.05) is 50.5 Å². The Balaban J connectivity index is 1.16. The third-order valence-electron chi connectivity index (χ3n) is 9.02. The lowest BCUT2D eigenvalue weighted by Crippen LogP contribution is -2.48. The van der Waals surface area contributed by atoms with Crippen LogP contribution in [0.2, 0.25) is 0 Å². The zero-order chi connectivity index (χ0) is 24.6. The fraction of sp³-hybridized carbons (Fsp3) is 0.731. The zero-order valence-corrected chi connectivity index (χ0v) is 20.8. The molecule has 0 unspecified atom stereocenters. The number of hydrogen-bond donors (Lipinski definition) is 1. The summed E-state index contributed by atoms with van der Waals surface area (Å²) in [5.74, 6) is 1.41. The van der Waals surface area contributed by atoms with E-state index in [2.05, 4.69) is 9.80 Å². The number of amides is 1. The van der Waals surface area contributed by atoms with Crippen molar-refractivity contribution >= 4 is 17.5 Å². The molecule has 1 saturated carbocycles. The lowest BCUT2D eigenvalue weighted by atomic mass is 9.71. The Morgan fingerprint density at radius 2 is 1.69 bits per heavy atom. The minimum atomic E-state index is -0.786. The van der Waals surface area contributed by atoms with E-state index in [0.29, 0.717) is 36.1 Å². The molecule has 1 aromatic carbocycles. The average Bonchev–Trinajstić information content (AvgIpc) is 3.71. The number of carboxylic acid groups (broad SMARTS) is 1. The van der Waals surface area contributed by atoms with E-state index in [9.17, 15) is 14.9 Å². The number of hydrogen-bond acceptors (Lipinski definition) is 6. The van der Waals surface area contributed by atoms with Gasteiger partial charge in [-0.2, -0.15) is 0 Å². The number of rotatable bonds is 6. The fourth-order valence-corrected chi connectivity index (χ4v) is 6.48. The van der Waals surface area contributed by atoms with Crippen LogP contribution in [0.1, 0.15) is 62.8 Å². The molecule has 3 heterocycles. The van der Waals surface area contributed by atoms with Crippen LogP contribution in [0, 0.1) is 21.4 Å². The van der Waals surface area contributed by atoms with Crippen molar-refractivity contribution in [3.63, 3.8) is 0 Å². The van der Waals surface area contributed by atoms with Crippen LogP contribution in [0.25, 0.3) is 0 Å². The predicted molar refractivity (Wildman–Crippen MR) is 133 cm³/mol. The number of piperidine rings is 3. The van der Waals surface area contributed by atoms with E-state index in [1.165, 1.54) is 32.8 Å². The molecule has 0 bridgehead atoms. The number of benzene rings is 1. The number of likely N-dealkylation sites (tertiary alicyclic amines) is 2. The molecule has 1 aromatic rings. The highest BCUT2D eigenvalue weighted by atomic mass is 16.6. The molecule has 9 nitrogen and oxygen atoms in total. The van der Waals surface area contributed by atoms with E-state index < -0.39 is 6.09 Å². The Hall–Kier alpha value is -2.55. The molecular formula is C26H38N4O5. The molecule has 1 spiro atoms. The van der Waals surface area contributed by atoms with Crippen molar-refractivity contribution in [2.24, 2.45) is 11.3 Å². The number of ether oxygens (including phenoxy) is 1. The molecular weight excluding hydrogens is 448 g/mol. The quantitative estimate of drug-likeness (QED) is 0.465. The van der Waals surface area contributed by atoms with Gasteiger partial charge in [-0.15, -0.1) is 0 Å². The van der Waals surface area contributed by atoms with Crippen molar-refractivity contribution < 1.29 is 19.6 Å². The molecule has 3 aliphatic heterocycles. The SMILES string of the molecule is COc1cc(N2CCC3(CCN(CC4CCN(C(=O)O)CC4)CC3)CC2)c(C2CC2)cc1[N+](=O)[O-]. The van der Waals surface area contributed by atoms with Crippen molar-refractivity contribution in [3.05, 3.63) is 27.8 Å². The lowest BCUT2D eigenvalue weighted by molar-refractivity contribution is -0.385. The summed E-state index contributed by atoms with van der Waals surface area (Å²) in [6.45, 7) is 6.70. The van der Waals surface area contributed by atoms with Crippen molar-refractivity contribution in [3.8, 4) is 5.75 Å². The van der Waals surface area contributed by atoms with Gasteiger partial charge >= 0.3 is 11.8 Å². The molecule has 4 aliphatic rings. The van der Waals surface area contributed by atoms with Gasteiger partial charge in [-0.05, 0) is 87.3 Å². The Kier molecular flexibility index (Phi) is 6.79. The summed E-state index contributed by atoms with van der Waals surface area (Å²) in [5.41, 5.74) is 2.74. The van der Waals surface area contributed by atoms with Gasteiger partial charge in [-0.3, -0.25) is 10.1 Å². The molecule has 35 heavy (non-hydrogen) atoms. The number of anilines is 1. The normalized spacial score (nSPS) is 23.5. The highest BCUT2D eigenvalue weighted by Gasteiger charge is 2.40. The van der Waals surface area contributed by atoms with Crippen molar-refractivity contribution in [1.29, 1.82) is 0 Å². The first-order valence-corrected chi connectivity index (χ1v) is 13.2. The summed E-state index contributed by atoms with van der Waals surface area (Å²) in [4.78, 5) is 28.9. The van der Waals surface area contributed by atoms with Gasteiger partial charge in [-0.25, -0.2) is 4.79 Å². The molecule has 1 N–H and O–H groups in total. The van der Waals surface area contributed by atoms with Gasteiger partial charge in [-0.1, -0.05) is 0 Å². The smallest absolute Gasteiger partial charge is 0.407 e. The molecule has 0 atom stereocenters. The van der Waals surface area contributed by atoms with Gasteiger partial charge in [0.2, 0.25) is 0 Å². The highest BCUT2D eigenvalue weighted by Crippen LogP contribution is 2.50. The molecule has 5 rings (SSSR count). The second-order valence-electron chi connectivity index (χ2n) is 11.1. The minimum absolute atomic E-state index is 0.0765. The Morgan fingerprint density at radius 1 is 1.06 bits per heavy atom. The van der Waals surface area contributed by atoms with Crippen LogP contribution >= 0.6 is 0 Å². The molecule has 1 amide bonds. The first-order chi connectivity index (χ1) is 16.9. The van der Waals surface area contributed by atoms with Crippen LogP contribution in [-0.4, -0.2) is 78.8 Å². The molecule has 1 aliphatic carbocycles. The van der Waals surface area contributed by atoms with Gasteiger partial charge in [0.25, 0.3) is 0 Å². The zero-order valence-electron chi connectivity index (χ0n) is 20.8. The third-order valence-corrected chi connectivity index (χ3v) is 9.02.